The molecule has 5 nitrogen and oxygen atoms in total. The van der Waals surface area contributed by atoms with Crippen molar-refractivity contribution >= 4 is 5.97 Å². The molecule has 0 amide bonds. The molecule has 3 rings (SSSR count). The number of halogens is 1. The Morgan fingerprint density at radius 2 is 2.05 bits per heavy atom. The minimum atomic E-state index is -1.03. The molecule has 0 bridgehead atoms. The minimum absolute atomic E-state index is 0.133. The molecule has 0 aliphatic heterocycles. The first kappa shape index (κ1) is 11.7. The largest absolute Gasteiger partial charge is 0.478 e. The monoisotopic (exact) mass is 259 g/mol. The van der Waals surface area contributed by atoms with Gasteiger partial charge in [-0.05, 0) is 25.0 Å². The fraction of sp³-hybridized carbons (Fsp3) is 0.231. The van der Waals surface area contributed by atoms with Crippen LogP contribution in [-0.4, -0.2) is 26.0 Å². The van der Waals surface area contributed by atoms with Crippen LogP contribution >= 0.6 is 0 Å². The fourth-order valence-corrected chi connectivity index (χ4v) is 1.86. The van der Waals surface area contributed by atoms with E-state index >= 15 is 0 Å². The van der Waals surface area contributed by atoms with E-state index in [-0.39, 0.29) is 11.5 Å². The first-order chi connectivity index (χ1) is 9.15. The van der Waals surface area contributed by atoms with Gasteiger partial charge in [0.05, 0.1) is 17.5 Å². The molecule has 0 saturated heterocycles. The van der Waals surface area contributed by atoms with E-state index in [1.54, 1.807) is 0 Å². The highest BCUT2D eigenvalue weighted by molar-refractivity contribution is 5.89. The molecule has 0 radical (unpaired) electrons. The molecule has 19 heavy (non-hydrogen) atoms. The van der Waals surface area contributed by atoms with Crippen molar-refractivity contribution in [3.8, 4) is 11.5 Å². The van der Waals surface area contributed by atoms with Crippen LogP contribution in [-0.2, 0) is 0 Å². The lowest BCUT2D eigenvalue weighted by molar-refractivity contribution is 0.0694. The Bertz CT molecular complexity index is 639. The molecule has 0 aromatic carbocycles. The number of nitrogens with zero attached hydrogens (tertiary/aromatic N) is 3. The van der Waals surface area contributed by atoms with Crippen LogP contribution < -0.4 is 0 Å². The van der Waals surface area contributed by atoms with Crippen LogP contribution in [0.25, 0.3) is 11.5 Å². The molecule has 0 spiro atoms. The number of aromatic nitrogens is 3. The van der Waals surface area contributed by atoms with Crippen molar-refractivity contribution in [2.24, 2.45) is 0 Å². The van der Waals surface area contributed by atoms with Gasteiger partial charge in [0, 0.05) is 12.1 Å². The summed E-state index contributed by atoms with van der Waals surface area (Å²) in [6.07, 6.45) is 4.26. The zero-order chi connectivity index (χ0) is 13.4. The standard InChI is InChI=1S/C13H10FN3O2/c14-8-3-4-10(15-5-8)12-16-6-9(13(18)19)11(17-12)7-1-2-7/h3-7H,1-2H2,(H,18,19). The highest BCUT2D eigenvalue weighted by atomic mass is 19.1. The molecule has 1 aliphatic rings. The fourth-order valence-electron chi connectivity index (χ4n) is 1.86. The number of hydrogen-bond donors (Lipinski definition) is 1. The highest BCUT2D eigenvalue weighted by Crippen LogP contribution is 2.40. The number of hydrogen-bond acceptors (Lipinski definition) is 4. The van der Waals surface area contributed by atoms with Gasteiger partial charge in [0.1, 0.15) is 11.5 Å². The van der Waals surface area contributed by atoms with Gasteiger partial charge < -0.3 is 5.11 Å². The maximum absolute atomic E-state index is 12.8. The molecular weight excluding hydrogens is 249 g/mol. The highest BCUT2D eigenvalue weighted by Gasteiger charge is 2.30. The number of carboxylic acids is 1. The van der Waals surface area contributed by atoms with E-state index in [1.807, 2.05) is 0 Å². The lowest BCUT2D eigenvalue weighted by Gasteiger charge is -2.05. The van der Waals surface area contributed by atoms with Crippen LogP contribution in [0.2, 0.25) is 0 Å². The van der Waals surface area contributed by atoms with Gasteiger partial charge in [-0.1, -0.05) is 0 Å². The lowest BCUT2D eigenvalue weighted by Crippen LogP contribution is -2.07. The lowest BCUT2D eigenvalue weighted by atomic mass is 10.1. The van der Waals surface area contributed by atoms with E-state index in [0.717, 1.165) is 19.0 Å². The zero-order valence-electron chi connectivity index (χ0n) is 9.88. The number of aromatic carboxylic acids is 1. The zero-order valence-corrected chi connectivity index (χ0v) is 9.88. The first-order valence-electron chi connectivity index (χ1n) is 5.87. The third-order valence-electron chi connectivity index (χ3n) is 2.97. The Morgan fingerprint density at radius 3 is 2.63 bits per heavy atom. The molecule has 0 unspecified atom stereocenters. The van der Waals surface area contributed by atoms with Gasteiger partial charge in [-0.25, -0.2) is 24.1 Å². The summed E-state index contributed by atoms with van der Waals surface area (Å²) in [7, 11) is 0. The Hall–Kier alpha value is -2.37. The third-order valence-corrected chi connectivity index (χ3v) is 2.97. The van der Waals surface area contributed by atoms with Crippen molar-refractivity contribution < 1.29 is 14.3 Å². The minimum Gasteiger partial charge on any atom is -0.478 e. The van der Waals surface area contributed by atoms with Crippen LogP contribution in [0.15, 0.2) is 24.5 Å². The summed E-state index contributed by atoms with van der Waals surface area (Å²) in [6, 6.07) is 2.75. The van der Waals surface area contributed by atoms with Gasteiger partial charge in [-0.15, -0.1) is 0 Å². The van der Waals surface area contributed by atoms with Crippen LogP contribution in [0.5, 0.6) is 0 Å². The molecule has 2 aromatic heterocycles. The van der Waals surface area contributed by atoms with Crippen molar-refractivity contribution in [1.29, 1.82) is 0 Å². The number of pyridine rings is 1. The second kappa shape index (κ2) is 4.38. The third kappa shape index (κ3) is 2.29. The van der Waals surface area contributed by atoms with Crippen molar-refractivity contribution in [2.75, 3.05) is 0 Å². The Labute approximate surface area is 108 Å². The smallest absolute Gasteiger partial charge is 0.339 e. The number of carboxylic acid groups (broad SMARTS) is 1. The molecule has 2 aromatic rings. The van der Waals surface area contributed by atoms with Crippen molar-refractivity contribution in [3.05, 3.63) is 41.6 Å². The van der Waals surface area contributed by atoms with Crippen LogP contribution in [0.1, 0.15) is 34.8 Å². The summed E-state index contributed by atoms with van der Waals surface area (Å²) in [5, 5.41) is 9.09. The van der Waals surface area contributed by atoms with Crippen LogP contribution in [0.3, 0.4) is 0 Å². The summed E-state index contributed by atoms with van der Waals surface area (Å²) in [6.45, 7) is 0. The molecule has 1 N–H and O–H groups in total. The predicted octanol–water partition coefficient (Wildman–Crippen LogP) is 2.25. The molecule has 1 aliphatic carbocycles. The van der Waals surface area contributed by atoms with Crippen molar-refractivity contribution in [3.63, 3.8) is 0 Å². The Balaban J connectivity index is 2.05. The first-order valence-corrected chi connectivity index (χ1v) is 5.87. The molecular formula is C13H10FN3O2. The van der Waals surface area contributed by atoms with Gasteiger partial charge >= 0.3 is 5.97 Å². The second-order valence-corrected chi connectivity index (χ2v) is 4.43. The molecule has 6 heteroatoms. The molecule has 0 atom stereocenters. The van der Waals surface area contributed by atoms with Crippen molar-refractivity contribution in [1.82, 2.24) is 15.0 Å². The summed E-state index contributed by atoms with van der Waals surface area (Å²) < 4.78 is 12.8. The van der Waals surface area contributed by atoms with Gasteiger partial charge in [-0.2, -0.15) is 0 Å². The van der Waals surface area contributed by atoms with E-state index in [2.05, 4.69) is 15.0 Å². The summed E-state index contributed by atoms with van der Waals surface area (Å²) in [4.78, 5) is 23.3. The summed E-state index contributed by atoms with van der Waals surface area (Å²) >= 11 is 0. The van der Waals surface area contributed by atoms with Gasteiger partial charge in [0.2, 0.25) is 0 Å². The normalized spacial score (nSPS) is 14.4. The molecule has 2 heterocycles. The van der Waals surface area contributed by atoms with Crippen molar-refractivity contribution in [2.45, 2.75) is 18.8 Å². The number of carbonyl (C=O) groups is 1. The average Bonchev–Trinajstić information content (AvgIpc) is 3.23. The van der Waals surface area contributed by atoms with Gasteiger partial charge in [0.15, 0.2) is 5.82 Å². The van der Waals surface area contributed by atoms with E-state index in [9.17, 15) is 9.18 Å². The van der Waals surface area contributed by atoms with E-state index in [4.69, 9.17) is 5.11 Å². The maximum Gasteiger partial charge on any atom is 0.339 e. The average molecular weight is 259 g/mol. The van der Waals surface area contributed by atoms with Gasteiger partial charge in [0.25, 0.3) is 0 Å². The van der Waals surface area contributed by atoms with Crippen LogP contribution in [0, 0.1) is 5.82 Å². The molecule has 1 fully saturated rings. The number of rotatable bonds is 3. The van der Waals surface area contributed by atoms with E-state index < -0.39 is 11.8 Å². The summed E-state index contributed by atoms with van der Waals surface area (Å²) in [5.41, 5.74) is 1.11. The maximum atomic E-state index is 12.8. The Kier molecular flexibility index (Phi) is 2.70. The topological polar surface area (TPSA) is 76.0 Å². The van der Waals surface area contributed by atoms with Crippen LogP contribution in [0.4, 0.5) is 4.39 Å². The van der Waals surface area contributed by atoms with Gasteiger partial charge in [-0.3, -0.25) is 0 Å². The molecule has 96 valence electrons. The van der Waals surface area contributed by atoms with E-state index in [0.29, 0.717) is 17.2 Å². The quantitative estimate of drug-likeness (QED) is 0.914. The SMILES string of the molecule is O=C(O)c1cnc(-c2ccc(F)cn2)nc1C1CC1. The Morgan fingerprint density at radius 1 is 1.26 bits per heavy atom. The second-order valence-electron chi connectivity index (χ2n) is 4.43. The molecule has 1 saturated carbocycles. The summed E-state index contributed by atoms with van der Waals surface area (Å²) in [5.74, 6) is -0.950. The predicted molar refractivity (Wildman–Crippen MR) is 64.2 cm³/mol. The van der Waals surface area contributed by atoms with E-state index in [1.165, 1.54) is 18.3 Å².